The quantitative estimate of drug-likeness (QED) is 0.193. The number of fused-ring (bicyclic) bond motifs is 6. The molecule has 5 aromatic rings. The summed E-state index contributed by atoms with van der Waals surface area (Å²) in [4.78, 5) is 2.42. The van der Waals surface area contributed by atoms with Crippen LogP contribution >= 0.6 is 0 Å². The summed E-state index contributed by atoms with van der Waals surface area (Å²) >= 11 is 0. The maximum Gasteiger partial charge on any atom is 0.0464 e. The number of hydrogen-bond donors (Lipinski definition) is 0. The molecule has 4 aliphatic rings. The van der Waals surface area contributed by atoms with Gasteiger partial charge < -0.3 is 9.47 Å². The molecule has 0 spiro atoms. The van der Waals surface area contributed by atoms with Gasteiger partial charge in [-0.15, -0.1) is 0 Å². The molecule has 0 N–H and O–H groups in total. The van der Waals surface area contributed by atoms with Crippen molar-refractivity contribution < 1.29 is 0 Å². The third-order valence-corrected chi connectivity index (χ3v) is 11.1. The number of benzene rings is 4. The minimum Gasteiger partial charge on any atom is -0.317 e. The Morgan fingerprint density at radius 3 is 2.19 bits per heavy atom. The van der Waals surface area contributed by atoms with Gasteiger partial charge >= 0.3 is 0 Å². The summed E-state index contributed by atoms with van der Waals surface area (Å²) in [5, 5.41) is 0. The van der Waals surface area contributed by atoms with Gasteiger partial charge in [-0.2, -0.15) is 0 Å². The molecule has 0 aliphatic heterocycles. The van der Waals surface area contributed by atoms with Crippen molar-refractivity contribution in [3.8, 4) is 5.69 Å². The van der Waals surface area contributed by atoms with Crippen molar-refractivity contribution >= 4 is 34.8 Å². The third kappa shape index (κ3) is 4.53. The highest BCUT2D eigenvalue weighted by Crippen LogP contribution is 2.54. The standard InChI is InChI=1S/C45H40N2/c1-45(2)41-19-11-9-17-37(41)38-27-26-36(30-42(38)45)46(33-13-5-3-6-14-33)35-24-21-31(22-25-35)32-23-28-44-40(29-32)39-18-10-12-20-43(39)47(44)34-15-7-4-8-16-34/h3-11,13-19,21-22,24-27,29-30,37,41H,12,20,23,28H2,1-2H3. The lowest BCUT2D eigenvalue weighted by Crippen LogP contribution is -2.24. The van der Waals surface area contributed by atoms with E-state index in [0.717, 1.165) is 25.7 Å². The van der Waals surface area contributed by atoms with E-state index in [1.807, 2.05) is 0 Å². The highest BCUT2D eigenvalue weighted by Gasteiger charge is 2.44. The zero-order chi connectivity index (χ0) is 31.5. The summed E-state index contributed by atoms with van der Waals surface area (Å²) in [5.41, 5.74) is 16.3. The fourth-order valence-electron chi connectivity index (χ4n) is 8.75. The van der Waals surface area contributed by atoms with Crippen molar-refractivity contribution in [2.45, 2.75) is 50.9 Å². The van der Waals surface area contributed by atoms with Gasteiger partial charge in [-0.3, -0.25) is 0 Å². The first-order valence-corrected chi connectivity index (χ1v) is 17.2. The normalized spacial score (nSPS) is 19.8. The molecule has 9 rings (SSSR count). The molecule has 0 amide bonds. The van der Waals surface area contributed by atoms with Gasteiger partial charge in [0.15, 0.2) is 0 Å². The van der Waals surface area contributed by atoms with Gasteiger partial charge in [0, 0.05) is 51.2 Å². The second kappa shape index (κ2) is 11.0. The van der Waals surface area contributed by atoms with E-state index >= 15 is 0 Å². The molecule has 4 aliphatic carbocycles. The molecule has 0 bridgehead atoms. The van der Waals surface area contributed by atoms with Crippen LogP contribution < -0.4 is 4.90 Å². The van der Waals surface area contributed by atoms with Crippen LogP contribution in [-0.4, -0.2) is 4.57 Å². The van der Waals surface area contributed by atoms with Gasteiger partial charge in [-0.05, 0) is 114 Å². The van der Waals surface area contributed by atoms with E-state index in [2.05, 4.69) is 169 Å². The van der Waals surface area contributed by atoms with Gasteiger partial charge in [-0.25, -0.2) is 0 Å². The van der Waals surface area contributed by atoms with E-state index in [0.29, 0.717) is 11.8 Å². The molecule has 1 heterocycles. The Balaban J connectivity index is 1.09. The number of rotatable bonds is 5. The maximum absolute atomic E-state index is 2.54. The molecule has 4 aromatic carbocycles. The summed E-state index contributed by atoms with van der Waals surface area (Å²) in [7, 11) is 0. The van der Waals surface area contributed by atoms with Crippen LogP contribution in [0.15, 0.2) is 134 Å². The van der Waals surface area contributed by atoms with Crippen LogP contribution in [0.25, 0.3) is 23.4 Å². The molecule has 230 valence electrons. The van der Waals surface area contributed by atoms with Crippen molar-refractivity contribution in [2.24, 2.45) is 5.92 Å². The highest BCUT2D eigenvalue weighted by molar-refractivity contribution is 5.89. The van der Waals surface area contributed by atoms with Gasteiger partial charge in [0.1, 0.15) is 0 Å². The Bertz CT molecular complexity index is 2100. The Morgan fingerprint density at radius 1 is 0.681 bits per heavy atom. The highest BCUT2D eigenvalue weighted by atomic mass is 15.1. The largest absolute Gasteiger partial charge is 0.317 e. The fourth-order valence-corrected chi connectivity index (χ4v) is 8.75. The lowest BCUT2D eigenvalue weighted by molar-refractivity contribution is 0.394. The average molecular weight is 609 g/mol. The molecular formula is C45H40N2. The minimum atomic E-state index is 0.0731. The summed E-state index contributed by atoms with van der Waals surface area (Å²) in [5.74, 6) is 0.954. The zero-order valence-corrected chi connectivity index (χ0v) is 27.2. The number of hydrogen-bond acceptors (Lipinski definition) is 1. The van der Waals surface area contributed by atoms with Gasteiger partial charge in [0.25, 0.3) is 0 Å². The first-order chi connectivity index (χ1) is 23.1. The van der Waals surface area contributed by atoms with Gasteiger partial charge in [0.05, 0.1) is 0 Å². The number of anilines is 3. The Hall–Kier alpha value is -5.08. The van der Waals surface area contributed by atoms with Crippen molar-refractivity contribution in [1.82, 2.24) is 4.57 Å². The fraction of sp³-hybridized carbons (Fsp3) is 0.200. The van der Waals surface area contributed by atoms with Crippen LogP contribution in [-0.2, 0) is 18.3 Å². The second-order valence-electron chi connectivity index (χ2n) is 14.0. The molecule has 2 atom stereocenters. The number of aromatic nitrogens is 1. The molecule has 0 radical (unpaired) electrons. The number of nitrogens with zero attached hydrogens (tertiary/aromatic N) is 2. The van der Waals surface area contributed by atoms with Crippen LogP contribution in [0.4, 0.5) is 17.1 Å². The molecule has 2 unspecified atom stereocenters. The lowest BCUT2D eigenvalue weighted by Gasteiger charge is -2.30. The molecule has 0 fully saturated rings. The van der Waals surface area contributed by atoms with Crippen LogP contribution in [0, 0.1) is 5.92 Å². The SMILES string of the molecule is CC1(C)c2cc(N(c3ccccc3)c3ccc(C4=Cc5c6c(n(-c7ccccc7)c5CC4)CCC=C6)cc3)ccc2C2C=CC=CC21. The van der Waals surface area contributed by atoms with Gasteiger partial charge in [-0.1, -0.05) is 105 Å². The molecule has 2 heteroatoms. The number of para-hydroxylation sites is 2. The monoisotopic (exact) mass is 608 g/mol. The van der Waals surface area contributed by atoms with E-state index in [4.69, 9.17) is 0 Å². The van der Waals surface area contributed by atoms with E-state index in [-0.39, 0.29) is 5.41 Å². The summed E-state index contributed by atoms with van der Waals surface area (Å²) in [6, 6.07) is 38.2. The summed E-state index contributed by atoms with van der Waals surface area (Å²) < 4.78 is 2.54. The third-order valence-electron chi connectivity index (χ3n) is 11.1. The first-order valence-electron chi connectivity index (χ1n) is 17.2. The van der Waals surface area contributed by atoms with Crippen LogP contribution in [0.5, 0.6) is 0 Å². The molecular weight excluding hydrogens is 569 g/mol. The topological polar surface area (TPSA) is 8.17 Å². The van der Waals surface area contributed by atoms with Crippen molar-refractivity contribution in [3.63, 3.8) is 0 Å². The first kappa shape index (κ1) is 28.2. The summed E-state index contributed by atoms with van der Waals surface area (Å²) in [6.45, 7) is 4.82. The van der Waals surface area contributed by atoms with E-state index in [9.17, 15) is 0 Å². The molecule has 0 saturated carbocycles. The van der Waals surface area contributed by atoms with Crippen LogP contribution in [0.1, 0.15) is 71.8 Å². The Labute approximate surface area is 278 Å². The van der Waals surface area contributed by atoms with Crippen molar-refractivity contribution in [2.75, 3.05) is 4.90 Å². The lowest BCUT2D eigenvalue weighted by atomic mass is 9.74. The molecule has 2 nitrogen and oxygen atoms in total. The van der Waals surface area contributed by atoms with Crippen LogP contribution in [0.3, 0.4) is 0 Å². The Kier molecular flexibility index (Phi) is 6.61. The molecule has 0 saturated heterocycles. The number of allylic oxidation sites excluding steroid dienone is 6. The summed E-state index contributed by atoms with van der Waals surface area (Å²) in [6.07, 6.45) is 20.7. The van der Waals surface area contributed by atoms with Crippen molar-refractivity contribution in [3.05, 3.63) is 173 Å². The molecule has 47 heavy (non-hydrogen) atoms. The smallest absolute Gasteiger partial charge is 0.0464 e. The van der Waals surface area contributed by atoms with Crippen LogP contribution in [0.2, 0.25) is 0 Å². The predicted molar refractivity (Wildman–Crippen MR) is 198 cm³/mol. The van der Waals surface area contributed by atoms with E-state index in [1.165, 1.54) is 67.5 Å². The van der Waals surface area contributed by atoms with E-state index < -0.39 is 0 Å². The zero-order valence-electron chi connectivity index (χ0n) is 27.2. The second-order valence-corrected chi connectivity index (χ2v) is 14.0. The maximum atomic E-state index is 2.54. The van der Waals surface area contributed by atoms with E-state index in [1.54, 1.807) is 0 Å². The minimum absolute atomic E-state index is 0.0731. The average Bonchev–Trinajstić information content (AvgIpc) is 3.58. The Morgan fingerprint density at radius 2 is 1.38 bits per heavy atom. The van der Waals surface area contributed by atoms with Crippen molar-refractivity contribution in [1.29, 1.82) is 0 Å². The van der Waals surface area contributed by atoms with Gasteiger partial charge in [0.2, 0.25) is 0 Å². The predicted octanol–water partition coefficient (Wildman–Crippen LogP) is 11.5. The molecule has 1 aromatic heterocycles.